The second-order valence-corrected chi connectivity index (χ2v) is 7.39. The van der Waals surface area contributed by atoms with Crippen molar-refractivity contribution >= 4 is 17.4 Å². The van der Waals surface area contributed by atoms with Gasteiger partial charge in [-0.1, -0.05) is 13.8 Å². The molecule has 1 fully saturated rings. The van der Waals surface area contributed by atoms with E-state index >= 15 is 0 Å². The Morgan fingerprint density at radius 1 is 1.41 bits per heavy atom. The van der Waals surface area contributed by atoms with Crippen LogP contribution in [0.1, 0.15) is 40.6 Å². The molecule has 0 amide bonds. The highest BCUT2D eigenvalue weighted by molar-refractivity contribution is 6.12. The van der Waals surface area contributed by atoms with Gasteiger partial charge in [0.05, 0.1) is 5.56 Å². The van der Waals surface area contributed by atoms with Gasteiger partial charge in [0.1, 0.15) is 11.6 Å². The molecular formula is C20H31F2N5O2. The summed E-state index contributed by atoms with van der Waals surface area (Å²) in [5, 5.41) is 3.47. The number of nitrogens with two attached hydrogens (primary N) is 1. The van der Waals surface area contributed by atoms with E-state index in [-0.39, 0.29) is 33.1 Å². The second kappa shape index (κ2) is 9.13. The minimum atomic E-state index is -3.07. The molecule has 0 spiro atoms. The van der Waals surface area contributed by atoms with Crippen molar-refractivity contribution in [3.8, 4) is 5.75 Å². The number of halogens is 2. The Bertz CT molecular complexity index is 877. The molecule has 1 aliphatic rings. The molecule has 162 valence electrons. The molecule has 0 aromatic carbocycles. The van der Waals surface area contributed by atoms with Crippen molar-refractivity contribution in [3.63, 3.8) is 0 Å². The van der Waals surface area contributed by atoms with Crippen molar-refractivity contribution in [2.24, 2.45) is 5.92 Å². The average molecular weight is 411 g/mol. The van der Waals surface area contributed by atoms with E-state index < -0.39 is 12.4 Å². The number of alkyl halides is 2. The Hall–Kier alpha value is -2.81. The van der Waals surface area contributed by atoms with E-state index in [1.54, 1.807) is 12.1 Å². The minimum Gasteiger partial charge on any atom is -0.432 e. The zero-order chi connectivity index (χ0) is 21.0. The van der Waals surface area contributed by atoms with Gasteiger partial charge in [0, 0.05) is 36.2 Å². The van der Waals surface area contributed by atoms with Crippen molar-refractivity contribution in [1.82, 2.24) is 15.3 Å². The van der Waals surface area contributed by atoms with Crippen molar-refractivity contribution in [2.75, 3.05) is 30.3 Å². The molecule has 2 aromatic heterocycles. The van der Waals surface area contributed by atoms with Crippen LogP contribution >= 0.6 is 0 Å². The van der Waals surface area contributed by atoms with Crippen LogP contribution in [0.25, 0.3) is 0 Å². The Labute approximate surface area is 172 Å². The number of hydrogen-bond donors (Lipinski definition) is 2. The van der Waals surface area contributed by atoms with Gasteiger partial charge in [-0.2, -0.15) is 8.78 Å². The summed E-state index contributed by atoms with van der Waals surface area (Å²) in [6.45, 7) is 3.42. The molecule has 3 rings (SSSR count). The number of nitrogens with zero attached hydrogens (tertiary/aromatic N) is 3. The highest BCUT2D eigenvalue weighted by Gasteiger charge is 2.25. The van der Waals surface area contributed by atoms with Gasteiger partial charge in [-0.05, 0) is 36.6 Å². The number of pyridine rings is 2. The lowest BCUT2D eigenvalue weighted by atomic mass is 10.0. The summed E-state index contributed by atoms with van der Waals surface area (Å²) in [6.07, 6.45) is 2.45. The Balaban J connectivity index is 0.00000320. The third kappa shape index (κ3) is 5.17. The summed E-state index contributed by atoms with van der Waals surface area (Å²) in [4.78, 5) is 23.3. The van der Waals surface area contributed by atoms with Crippen LogP contribution in [0.15, 0.2) is 30.5 Å². The van der Waals surface area contributed by atoms with Gasteiger partial charge in [-0.25, -0.2) is 9.97 Å². The quantitative estimate of drug-likeness (QED) is 0.674. The van der Waals surface area contributed by atoms with E-state index in [1.807, 2.05) is 4.90 Å². The minimum absolute atomic E-state index is 0. The lowest BCUT2D eigenvalue weighted by Gasteiger charge is -2.35. The molecule has 1 aliphatic heterocycles. The zero-order valence-electron chi connectivity index (χ0n) is 16.4. The van der Waals surface area contributed by atoms with Gasteiger partial charge in [0.25, 0.3) is 0 Å². The molecule has 1 atom stereocenters. The Morgan fingerprint density at radius 2 is 2.21 bits per heavy atom. The largest absolute Gasteiger partial charge is 0.432 e. The van der Waals surface area contributed by atoms with E-state index in [4.69, 9.17) is 5.73 Å². The van der Waals surface area contributed by atoms with Crippen LogP contribution < -0.4 is 20.7 Å². The molecule has 0 radical (unpaired) electrons. The summed E-state index contributed by atoms with van der Waals surface area (Å²) in [5.74, 6) is 0.181. The van der Waals surface area contributed by atoms with Crippen LogP contribution in [0, 0.1) is 5.92 Å². The maximum absolute atomic E-state index is 13.0. The molecule has 0 aliphatic carbocycles. The van der Waals surface area contributed by atoms with E-state index in [0.717, 1.165) is 13.0 Å². The maximum atomic E-state index is 13.0. The number of hydrogen-bond acceptors (Lipinski definition) is 7. The number of anilines is 2. The average Bonchev–Trinajstić information content (AvgIpc) is 2.67. The van der Waals surface area contributed by atoms with Crippen molar-refractivity contribution < 1.29 is 22.6 Å². The Morgan fingerprint density at radius 3 is 2.90 bits per heavy atom. The lowest BCUT2D eigenvalue weighted by Crippen LogP contribution is -2.51. The molecule has 3 N–H and O–H groups in total. The third-order valence-electron chi connectivity index (χ3n) is 4.69. The number of aromatic nitrogens is 2. The van der Waals surface area contributed by atoms with Gasteiger partial charge in [0.2, 0.25) is 5.78 Å². The Kier molecular flexibility index (Phi) is 6.58. The molecule has 1 saturated heterocycles. The highest BCUT2D eigenvalue weighted by atomic mass is 19.3. The van der Waals surface area contributed by atoms with Crippen molar-refractivity contribution in [3.05, 3.63) is 41.7 Å². The second-order valence-electron chi connectivity index (χ2n) is 7.39. The fourth-order valence-corrected chi connectivity index (χ4v) is 3.46. The van der Waals surface area contributed by atoms with Crippen LogP contribution in [-0.2, 0) is 0 Å². The van der Waals surface area contributed by atoms with Gasteiger partial charge in [-0.3, -0.25) is 4.79 Å². The standard InChI is InChI=1S/C20H25F2N5O2.3H2/c1-12(2)10-13-11-27(9-8-24-13)16-6-5-15(29-20(21)22)17(26-16)18(28)14-4-3-7-25-19(14)23;;;/h3-7,12-13,20,24H,8-11H2,1-2H3,(H2,23,25);3*1H/t13-;;;/m0.../s1. The molecule has 29 heavy (non-hydrogen) atoms. The lowest BCUT2D eigenvalue weighted by molar-refractivity contribution is -0.0503. The topological polar surface area (TPSA) is 93.4 Å². The summed E-state index contributed by atoms with van der Waals surface area (Å²) in [6, 6.07) is 6.27. The summed E-state index contributed by atoms with van der Waals surface area (Å²) < 4.78 is 30.2. The first-order valence-corrected chi connectivity index (χ1v) is 9.54. The number of ketones is 1. The number of nitrogen functional groups attached to an aromatic ring is 1. The predicted molar refractivity (Wildman–Crippen MR) is 113 cm³/mol. The van der Waals surface area contributed by atoms with Crippen LogP contribution in [0.2, 0.25) is 0 Å². The summed E-state index contributed by atoms with van der Waals surface area (Å²) in [5.41, 5.74) is 5.67. The van der Waals surface area contributed by atoms with E-state index in [0.29, 0.717) is 24.8 Å². The molecule has 3 heterocycles. The van der Waals surface area contributed by atoms with Gasteiger partial charge in [0.15, 0.2) is 11.4 Å². The van der Waals surface area contributed by atoms with Gasteiger partial charge >= 0.3 is 6.61 Å². The molecule has 2 aromatic rings. The molecule has 9 heteroatoms. The van der Waals surface area contributed by atoms with Crippen LogP contribution in [0.3, 0.4) is 0 Å². The fourth-order valence-electron chi connectivity index (χ4n) is 3.46. The zero-order valence-corrected chi connectivity index (χ0v) is 16.4. The van der Waals surface area contributed by atoms with Gasteiger partial charge < -0.3 is 20.7 Å². The number of rotatable bonds is 7. The third-order valence-corrected chi connectivity index (χ3v) is 4.69. The summed E-state index contributed by atoms with van der Waals surface area (Å²) >= 11 is 0. The van der Waals surface area contributed by atoms with E-state index in [9.17, 15) is 13.6 Å². The number of nitrogens with one attached hydrogen (secondary N) is 1. The van der Waals surface area contributed by atoms with Crippen LogP contribution in [-0.4, -0.2) is 48.0 Å². The number of ether oxygens (including phenoxy) is 1. The first-order chi connectivity index (χ1) is 13.8. The van der Waals surface area contributed by atoms with E-state index in [2.05, 4.69) is 33.9 Å². The van der Waals surface area contributed by atoms with Gasteiger partial charge in [-0.15, -0.1) is 0 Å². The number of carbonyl (C=O) groups excluding carboxylic acids is 1. The van der Waals surface area contributed by atoms with Crippen LogP contribution in [0.4, 0.5) is 20.4 Å². The van der Waals surface area contributed by atoms with Crippen LogP contribution in [0.5, 0.6) is 5.75 Å². The summed E-state index contributed by atoms with van der Waals surface area (Å²) in [7, 11) is 0. The predicted octanol–water partition coefficient (Wildman–Crippen LogP) is 3.45. The monoisotopic (exact) mass is 411 g/mol. The molecule has 7 nitrogen and oxygen atoms in total. The molecule has 0 bridgehead atoms. The smallest absolute Gasteiger partial charge is 0.387 e. The SMILES string of the molecule is CC(C)C[C@H]1CN(c2ccc(OC(F)F)c(C(=O)c3cccnc3N)n2)CCN1.[HH].[HH].[HH]. The number of carbonyl (C=O) groups is 1. The van der Waals surface area contributed by atoms with Crippen molar-refractivity contribution in [1.29, 1.82) is 0 Å². The first-order valence-electron chi connectivity index (χ1n) is 9.54. The van der Waals surface area contributed by atoms with E-state index in [1.165, 1.54) is 18.3 Å². The normalized spacial score (nSPS) is 17.0. The first kappa shape index (κ1) is 20.9. The number of piperazine rings is 1. The van der Waals surface area contributed by atoms with Crippen molar-refractivity contribution in [2.45, 2.75) is 32.9 Å². The molecule has 0 unspecified atom stereocenters. The fraction of sp³-hybridized carbons (Fsp3) is 0.450. The highest BCUT2D eigenvalue weighted by Crippen LogP contribution is 2.27. The molecular weight excluding hydrogens is 380 g/mol. The molecule has 0 saturated carbocycles. The maximum Gasteiger partial charge on any atom is 0.387 e.